The molecule has 2 aromatic carbocycles. The summed E-state index contributed by atoms with van der Waals surface area (Å²) >= 11 is 0. The lowest BCUT2D eigenvalue weighted by atomic mass is 9.77. The number of halogens is 1. The lowest BCUT2D eigenvalue weighted by Gasteiger charge is -2.29. The number of nitrogens with one attached hydrogen (secondary N) is 1. The minimum Gasteiger partial charge on any atom is -0.326 e. The van der Waals surface area contributed by atoms with Crippen LogP contribution in [-0.4, -0.2) is 6.41 Å². The first-order valence-corrected chi connectivity index (χ1v) is 11.3. The maximum atomic E-state index is 13.9. The van der Waals surface area contributed by atoms with Crippen LogP contribution in [0.5, 0.6) is 0 Å². The van der Waals surface area contributed by atoms with Gasteiger partial charge >= 0.3 is 0 Å². The Morgan fingerprint density at radius 2 is 1.67 bits per heavy atom. The molecule has 0 bridgehead atoms. The van der Waals surface area contributed by atoms with Crippen molar-refractivity contribution in [1.29, 1.82) is 0 Å². The zero-order valence-corrected chi connectivity index (χ0v) is 17.9. The minimum atomic E-state index is -0.481. The summed E-state index contributed by atoms with van der Waals surface area (Å²) in [5, 5.41) is 2.33. The minimum absolute atomic E-state index is 0.163. The molecule has 158 valence electrons. The Hall–Kier alpha value is -2.60. The molecular weight excluding hydrogens is 373 g/mol. The molecule has 0 heterocycles. The summed E-state index contributed by atoms with van der Waals surface area (Å²) in [7, 11) is 0. The number of benzene rings is 2. The van der Waals surface area contributed by atoms with Gasteiger partial charge in [-0.3, -0.25) is 4.79 Å². The number of anilines is 1. The second-order valence-corrected chi connectivity index (χ2v) is 8.40. The van der Waals surface area contributed by atoms with Crippen molar-refractivity contribution >= 4 is 12.1 Å². The van der Waals surface area contributed by atoms with E-state index in [9.17, 15) is 9.18 Å². The van der Waals surface area contributed by atoms with Crippen molar-refractivity contribution in [1.82, 2.24) is 0 Å². The van der Waals surface area contributed by atoms with Crippen LogP contribution in [0.15, 0.2) is 42.5 Å². The Balaban J connectivity index is 1.52. The Morgan fingerprint density at radius 3 is 2.33 bits per heavy atom. The first-order chi connectivity index (χ1) is 14.7. The van der Waals surface area contributed by atoms with Crippen LogP contribution in [0.2, 0.25) is 0 Å². The Bertz CT molecular complexity index is 870. The fraction of sp³-hybridized carbons (Fsp3) is 0.444. The molecule has 2 aromatic rings. The summed E-state index contributed by atoms with van der Waals surface area (Å²) in [6, 6.07) is 13.1. The largest absolute Gasteiger partial charge is 0.326 e. The molecule has 2 nitrogen and oxygen atoms in total. The van der Waals surface area contributed by atoms with Crippen LogP contribution in [0.25, 0.3) is 0 Å². The van der Waals surface area contributed by atoms with E-state index >= 15 is 0 Å². The van der Waals surface area contributed by atoms with Crippen LogP contribution >= 0.6 is 0 Å². The molecule has 0 radical (unpaired) electrons. The lowest BCUT2D eigenvalue weighted by Crippen LogP contribution is -2.13. The van der Waals surface area contributed by atoms with Gasteiger partial charge in [-0.25, -0.2) is 4.39 Å². The first-order valence-electron chi connectivity index (χ1n) is 11.3. The highest BCUT2D eigenvalue weighted by atomic mass is 19.1. The molecule has 0 aromatic heterocycles. The Labute approximate surface area is 180 Å². The van der Waals surface area contributed by atoms with E-state index in [1.54, 1.807) is 6.07 Å². The normalized spacial score (nSPS) is 18.3. The van der Waals surface area contributed by atoms with Gasteiger partial charge in [0.25, 0.3) is 0 Å². The van der Waals surface area contributed by atoms with Gasteiger partial charge in [0.2, 0.25) is 6.41 Å². The van der Waals surface area contributed by atoms with Crippen LogP contribution in [0.3, 0.4) is 0 Å². The molecule has 1 amide bonds. The van der Waals surface area contributed by atoms with Gasteiger partial charge in [-0.2, -0.15) is 0 Å². The first kappa shape index (κ1) is 22.1. The predicted molar refractivity (Wildman–Crippen MR) is 122 cm³/mol. The third-order valence-corrected chi connectivity index (χ3v) is 6.23. The van der Waals surface area contributed by atoms with Crippen LogP contribution in [0, 0.1) is 23.6 Å². The van der Waals surface area contributed by atoms with Gasteiger partial charge in [-0.05, 0) is 73.4 Å². The fourth-order valence-electron chi connectivity index (χ4n) is 4.40. The second-order valence-electron chi connectivity index (χ2n) is 8.40. The number of hydrogen-bond acceptors (Lipinski definition) is 1. The van der Waals surface area contributed by atoms with Crippen molar-refractivity contribution < 1.29 is 9.18 Å². The van der Waals surface area contributed by atoms with E-state index in [2.05, 4.69) is 48.3 Å². The molecule has 1 saturated carbocycles. The molecular formula is C27H32FNO. The molecule has 0 unspecified atom stereocenters. The van der Waals surface area contributed by atoms with Crippen LogP contribution in [0.1, 0.15) is 87.3 Å². The van der Waals surface area contributed by atoms with Crippen LogP contribution in [-0.2, 0) is 4.79 Å². The van der Waals surface area contributed by atoms with E-state index in [0.717, 1.165) is 11.5 Å². The van der Waals surface area contributed by atoms with Crippen molar-refractivity contribution in [2.75, 3.05) is 5.32 Å². The average molecular weight is 406 g/mol. The quantitative estimate of drug-likeness (QED) is 0.285. The zero-order chi connectivity index (χ0) is 21.2. The maximum absolute atomic E-state index is 13.9. The second kappa shape index (κ2) is 11.6. The number of hydrogen-bond donors (Lipinski definition) is 1. The van der Waals surface area contributed by atoms with Gasteiger partial charge in [0.15, 0.2) is 0 Å². The highest BCUT2D eigenvalue weighted by Crippen LogP contribution is 2.37. The van der Waals surface area contributed by atoms with E-state index in [-0.39, 0.29) is 5.69 Å². The topological polar surface area (TPSA) is 29.1 Å². The van der Waals surface area contributed by atoms with Gasteiger partial charge in [0.1, 0.15) is 5.82 Å². The van der Waals surface area contributed by atoms with Crippen molar-refractivity contribution in [2.24, 2.45) is 5.92 Å². The molecule has 1 aliphatic rings. The highest BCUT2D eigenvalue weighted by molar-refractivity contribution is 5.71. The number of unbranched alkanes of at least 4 members (excludes halogenated alkanes) is 3. The molecule has 0 saturated heterocycles. The van der Waals surface area contributed by atoms with Crippen molar-refractivity contribution in [3.8, 4) is 11.8 Å². The van der Waals surface area contributed by atoms with Crippen LogP contribution in [0.4, 0.5) is 10.1 Å². The summed E-state index contributed by atoms with van der Waals surface area (Å²) < 4.78 is 13.9. The van der Waals surface area contributed by atoms with E-state index < -0.39 is 5.82 Å². The van der Waals surface area contributed by atoms with Gasteiger partial charge in [0.05, 0.1) is 5.69 Å². The molecule has 1 fully saturated rings. The van der Waals surface area contributed by atoms with Crippen molar-refractivity contribution in [3.63, 3.8) is 0 Å². The fourth-order valence-corrected chi connectivity index (χ4v) is 4.40. The summed E-state index contributed by atoms with van der Waals surface area (Å²) in [6.07, 6.45) is 12.7. The van der Waals surface area contributed by atoms with E-state index in [4.69, 9.17) is 0 Å². The van der Waals surface area contributed by atoms with Crippen molar-refractivity contribution in [3.05, 3.63) is 65.0 Å². The number of amides is 1. The van der Waals surface area contributed by atoms with Crippen molar-refractivity contribution in [2.45, 2.75) is 70.6 Å². The monoisotopic (exact) mass is 405 g/mol. The summed E-state index contributed by atoms with van der Waals surface area (Å²) in [4.78, 5) is 10.4. The molecule has 3 heteroatoms. The molecule has 3 rings (SSSR count). The summed E-state index contributed by atoms with van der Waals surface area (Å²) in [5.41, 5.74) is 3.10. The molecule has 0 atom stereocenters. The van der Waals surface area contributed by atoms with E-state index in [1.807, 2.05) is 0 Å². The Kier molecular flexibility index (Phi) is 8.51. The predicted octanol–water partition coefficient (Wildman–Crippen LogP) is 7.04. The van der Waals surface area contributed by atoms with Gasteiger partial charge in [-0.15, -0.1) is 0 Å². The number of carbonyl (C=O) groups excluding carboxylic acids is 1. The summed E-state index contributed by atoms with van der Waals surface area (Å²) in [5.74, 6) is 7.22. The molecule has 0 aliphatic heterocycles. The lowest BCUT2D eigenvalue weighted by molar-refractivity contribution is -0.105. The molecule has 30 heavy (non-hydrogen) atoms. The summed E-state index contributed by atoms with van der Waals surface area (Å²) in [6.45, 7) is 2.27. The molecule has 1 aliphatic carbocycles. The van der Waals surface area contributed by atoms with E-state index in [0.29, 0.717) is 17.9 Å². The zero-order valence-electron chi connectivity index (χ0n) is 17.9. The van der Waals surface area contributed by atoms with Gasteiger partial charge < -0.3 is 5.32 Å². The van der Waals surface area contributed by atoms with Crippen LogP contribution < -0.4 is 5.32 Å². The van der Waals surface area contributed by atoms with Gasteiger partial charge in [0, 0.05) is 11.1 Å². The standard InChI is InChI=1S/C27H32FNO/c1-2-3-4-5-6-21-9-14-24(15-10-21)25-16-11-22(12-17-25)7-8-23-13-18-27(29-20-30)26(28)19-23/h11-13,16-21,24H,2-6,9-10,14-15H2,1H3,(H,29,30). The molecule has 0 spiro atoms. The highest BCUT2D eigenvalue weighted by Gasteiger charge is 2.21. The Morgan fingerprint density at radius 1 is 0.967 bits per heavy atom. The van der Waals surface area contributed by atoms with Gasteiger partial charge in [-0.1, -0.05) is 63.0 Å². The average Bonchev–Trinajstić information content (AvgIpc) is 2.78. The number of rotatable bonds is 8. The smallest absolute Gasteiger partial charge is 0.211 e. The van der Waals surface area contributed by atoms with E-state index in [1.165, 1.54) is 75.5 Å². The maximum Gasteiger partial charge on any atom is 0.211 e. The number of carbonyl (C=O) groups is 1. The third-order valence-electron chi connectivity index (χ3n) is 6.23. The third kappa shape index (κ3) is 6.46. The molecule has 1 N–H and O–H groups in total. The SMILES string of the molecule is CCCCCCC1CCC(c2ccc(C#Cc3ccc(NC=O)c(F)c3)cc2)CC1.